The van der Waals surface area contributed by atoms with E-state index in [1.807, 2.05) is 13.8 Å². The van der Waals surface area contributed by atoms with Crippen molar-refractivity contribution in [3.63, 3.8) is 0 Å². The van der Waals surface area contributed by atoms with Crippen LogP contribution in [0.4, 0.5) is 0 Å². The molecule has 0 saturated heterocycles. The Hall–Kier alpha value is -0.453. The number of rotatable bonds is 8. The maximum Gasteiger partial charge on any atom is 0.0735 e. The molecule has 0 aliphatic rings. The SMILES string of the molecule is CC(C)c1cc(C(C)C)c([S@@](=O)[C@H](C[Si](C)(C)C)C(C)(C)O)c(C(C)C)c1. The van der Waals surface area contributed by atoms with Crippen LogP contribution >= 0.6 is 0 Å². The van der Waals surface area contributed by atoms with E-state index in [0.717, 1.165) is 10.9 Å². The van der Waals surface area contributed by atoms with Gasteiger partial charge in [0.25, 0.3) is 0 Å². The fourth-order valence-corrected chi connectivity index (χ4v) is 8.99. The van der Waals surface area contributed by atoms with Crippen LogP contribution in [0, 0.1) is 0 Å². The van der Waals surface area contributed by atoms with Gasteiger partial charge in [-0.25, -0.2) is 0 Å². The summed E-state index contributed by atoms with van der Waals surface area (Å²) in [5, 5.41) is 10.7. The molecular weight excluding hydrogens is 368 g/mol. The van der Waals surface area contributed by atoms with Gasteiger partial charge in [0.1, 0.15) is 0 Å². The molecule has 0 bridgehead atoms. The van der Waals surface area contributed by atoms with E-state index in [-0.39, 0.29) is 5.25 Å². The van der Waals surface area contributed by atoms with Crippen LogP contribution in [0.1, 0.15) is 89.8 Å². The molecule has 0 radical (unpaired) electrons. The first-order chi connectivity index (χ1) is 12.1. The van der Waals surface area contributed by atoms with Crippen molar-refractivity contribution >= 4 is 18.9 Å². The highest BCUT2D eigenvalue weighted by molar-refractivity contribution is 7.86. The Morgan fingerprint density at radius 3 is 1.59 bits per heavy atom. The van der Waals surface area contributed by atoms with Gasteiger partial charge in [-0.3, -0.25) is 4.21 Å². The Labute approximate surface area is 171 Å². The largest absolute Gasteiger partial charge is 0.389 e. The Morgan fingerprint density at radius 2 is 1.33 bits per heavy atom. The molecule has 1 N–H and O–H groups in total. The van der Waals surface area contributed by atoms with Crippen molar-refractivity contribution in [1.29, 1.82) is 0 Å². The zero-order valence-corrected chi connectivity index (χ0v) is 21.3. The van der Waals surface area contributed by atoms with E-state index in [1.165, 1.54) is 16.7 Å². The maximum atomic E-state index is 14.0. The Kier molecular flexibility index (Phi) is 8.12. The summed E-state index contributed by atoms with van der Waals surface area (Å²) in [6.45, 7) is 23.7. The van der Waals surface area contributed by atoms with Crippen LogP contribution in [-0.2, 0) is 10.8 Å². The van der Waals surface area contributed by atoms with Crippen LogP contribution in [0.15, 0.2) is 17.0 Å². The number of aliphatic hydroxyl groups is 1. The minimum atomic E-state index is -1.50. The van der Waals surface area contributed by atoms with E-state index in [1.54, 1.807) is 0 Å². The zero-order chi connectivity index (χ0) is 21.3. The quantitative estimate of drug-likeness (QED) is 0.488. The lowest BCUT2D eigenvalue weighted by atomic mass is 9.89. The van der Waals surface area contributed by atoms with E-state index in [0.29, 0.717) is 17.8 Å². The summed E-state index contributed by atoms with van der Waals surface area (Å²) < 4.78 is 14.0. The Morgan fingerprint density at radius 1 is 0.926 bits per heavy atom. The van der Waals surface area contributed by atoms with Crippen LogP contribution in [-0.4, -0.2) is 28.2 Å². The van der Waals surface area contributed by atoms with Crippen LogP contribution in [0.5, 0.6) is 0 Å². The lowest BCUT2D eigenvalue weighted by molar-refractivity contribution is 0.0806. The molecule has 0 saturated carbocycles. The summed E-state index contributed by atoms with van der Waals surface area (Å²) in [4.78, 5) is 0.981. The monoisotopic (exact) mass is 410 g/mol. The van der Waals surface area contributed by atoms with E-state index in [2.05, 4.69) is 73.3 Å². The lowest BCUT2D eigenvalue weighted by Gasteiger charge is -2.35. The Bertz CT molecular complexity index is 635. The molecule has 0 spiro atoms. The predicted octanol–water partition coefficient (Wildman–Crippen LogP) is 6.64. The molecule has 0 unspecified atom stereocenters. The van der Waals surface area contributed by atoms with Gasteiger partial charge in [-0.2, -0.15) is 0 Å². The molecule has 2 atom stereocenters. The van der Waals surface area contributed by atoms with Crippen LogP contribution in [0.3, 0.4) is 0 Å². The third kappa shape index (κ3) is 6.54. The number of hydrogen-bond acceptors (Lipinski definition) is 2. The van der Waals surface area contributed by atoms with Crippen molar-refractivity contribution in [2.75, 3.05) is 0 Å². The van der Waals surface area contributed by atoms with Crippen molar-refractivity contribution in [1.82, 2.24) is 0 Å². The first-order valence-corrected chi connectivity index (χ1v) is 15.3. The maximum absolute atomic E-state index is 14.0. The third-order valence-corrected chi connectivity index (χ3v) is 9.19. The molecular formula is C23H42O2SSi. The van der Waals surface area contributed by atoms with Crippen molar-refractivity contribution < 1.29 is 9.32 Å². The lowest BCUT2D eigenvalue weighted by Crippen LogP contribution is -2.44. The second-order valence-corrected chi connectivity index (χ2v) is 17.8. The molecule has 0 fully saturated rings. The second-order valence-electron chi connectivity index (χ2n) is 10.7. The van der Waals surface area contributed by atoms with E-state index in [9.17, 15) is 9.32 Å². The van der Waals surface area contributed by atoms with E-state index in [4.69, 9.17) is 0 Å². The van der Waals surface area contributed by atoms with E-state index < -0.39 is 24.5 Å². The molecule has 1 aromatic carbocycles. The van der Waals surface area contributed by atoms with Gasteiger partial charge in [0.15, 0.2) is 0 Å². The molecule has 1 rings (SSSR count). The fourth-order valence-electron chi connectivity index (χ4n) is 3.41. The normalized spacial score (nSPS) is 15.7. The average Bonchev–Trinajstić information content (AvgIpc) is 2.48. The zero-order valence-electron chi connectivity index (χ0n) is 19.4. The highest BCUT2D eigenvalue weighted by atomic mass is 32.2. The van der Waals surface area contributed by atoms with Gasteiger partial charge in [-0.15, -0.1) is 0 Å². The predicted molar refractivity (Wildman–Crippen MR) is 123 cm³/mol. The summed E-state index contributed by atoms with van der Waals surface area (Å²) in [5.74, 6) is 1.04. The van der Waals surface area contributed by atoms with E-state index >= 15 is 0 Å². The standard InChI is InChI=1S/C23H42O2SSi/c1-15(2)18-12-19(16(3)4)22(20(13-18)17(5)6)26(25)21(23(7,8)24)14-27(9,10)11/h12-13,15-17,21,24H,14H2,1-11H3/t21-,26+/m1/s1. The highest BCUT2D eigenvalue weighted by Gasteiger charge is 2.38. The van der Waals surface area contributed by atoms with Crippen molar-refractivity contribution in [3.8, 4) is 0 Å². The Balaban J connectivity index is 3.72. The van der Waals surface area contributed by atoms with Gasteiger partial charge in [0.2, 0.25) is 0 Å². The van der Waals surface area contributed by atoms with Gasteiger partial charge in [0, 0.05) is 13.0 Å². The molecule has 0 aliphatic heterocycles. The summed E-state index contributed by atoms with van der Waals surface area (Å²) >= 11 is 0. The van der Waals surface area contributed by atoms with Gasteiger partial charge in [0.05, 0.1) is 21.7 Å². The molecule has 0 amide bonds. The van der Waals surface area contributed by atoms with Crippen molar-refractivity contribution in [3.05, 3.63) is 28.8 Å². The number of benzene rings is 1. The van der Waals surface area contributed by atoms with Crippen LogP contribution < -0.4 is 0 Å². The third-order valence-electron chi connectivity index (χ3n) is 5.12. The minimum Gasteiger partial charge on any atom is -0.389 e. The summed E-state index contributed by atoms with van der Waals surface area (Å²) in [7, 11) is -2.73. The molecule has 27 heavy (non-hydrogen) atoms. The molecule has 1 aromatic rings. The van der Waals surface area contributed by atoms with Crippen molar-refractivity contribution in [2.45, 2.75) is 115 Å². The topological polar surface area (TPSA) is 37.3 Å². The fraction of sp³-hybridized carbons (Fsp3) is 0.739. The summed E-state index contributed by atoms with van der Waals surface area (Å²) in [6, 6.07) is 5.36. The minimum absolute atomic E-state index is 0.246. The molecule has 0 aliphatic carbocycles. The van der Waals surface area contributed by atoms with Gasteiger partial charge in [-0.1, -0.05) is 73.3 Å². The second kappa shape index (κ2) is 8.92. The molecule has 0 aromatic heterocycles. The molecule has 2 nitrogen and oxygen atoms in total. The average molecular weight is 411 g/mol. The van der Waals surface area contributed by atoms with Crippen LogP contribution in [0.2, 0.25) is 25.7 Å². The number of hydrogen-bond donors (Lipinski definition) is 1. The smallest absolute Gasteiger partial charge is 0.0735 e. The van der Waals surface area contributed by atoms with Gasteiger partial charge >= 0.3 is 0 Å². The van der Waals surface area contributed by atoms with Crippen molar-refractivity contribution in [2.24, 2.45) is 0 Å². The molecule has 4 heteroatoms. The summed E-state index contributed by atoms with van der Waals surface area (Å²) in [5.41, 5.74) is 2.72. The first kappa shape index (κ1) is 24.6. The van der Waals surface area contributed by atoms with Gasteiger partial charge in [-0.05, 0) is 54.3 Å². The van der Waals surface area contributed by atoms with Crippen LogP contribution in [0.25, 0.3) is 0 Å². The molecule has 0 heterocycles. The first-order valence-electron chi connectivity index (χ1n) is 10.4. The van der Waals surface area contributed by atoms with Gasteiger partial charge < -0.3 is 5.11 Å². The molecule has 156 valence electrons. The highest BCUT2D eigenvalue weighted by Crippen LogP contribution is 2.38. The summed E-state index contributed by atoms with van der Waals surface area (Å²) in [6.07, 6.45) is 0.